The Morgan fingerprint density at radius 3 is 1.88 bits per heavy atom. The monoisotopic (exact) mass is 444 g/mol. The second kappa shape index (κ2) is 14.7. The minimum absolute atomic E-state index is 0.410. The second-order valence-electron chi connectivity index (χ2n) is 10.8. The third kappa shape index (κ3) is 9.59. The van der Waals surface area contributed by atoms with Crippen molar-refractivity contribution in [2.45, 2.75) is 120 Å². The molecule has 0 spiro atoms. The van der Waals surface area contributed by atoms with Crippen LogP contribution in [0, 0.1) is 38.5 Å². The van der Waals surface area contributed by atoms with Crippen LogP contribution in [-0.4, -0.2) is 12.2 Å². The standard InChI is InChI=1S/C30H52O2/c1-21(2)13-10-14-22(3)15-11-16-23(4)17-12-18-24(5)19-20-28-27(8)29(31)25(6)26(7)30(28)32-9/h19,21-23,31H,10-18,20H2,1-9H3/b24-19+/t22-,23-/m0/s1. The van der Waals surface area contributed by atoms with E-state index in [4.69, 9.17) is 4.74 Å². The van der Waals surface area contributed by atoms with E-state index in [0.29, 0.717) is 5.75 Å². The summed E-state index contributed by atoms with van der Waals surface area (Å²) < 4.78 is 5.68. The molecule has 0 radical (unpaired) electrons. The number of phenols is 1. The van der Waals surface area contributed by atoms with Crippen LogP contribution in [0.3, 0.4) is 0 Å². The molecule has 1 N–H and O–H groups in total. The molecule has 0 bridgehead atoms. The van der Waals surface area contributed by atoms with E-state index in [9.17, 15) is 5.11 Å². The second-order valence-corrected chi connectivity index (χ2v) is 10.8. The fourth-order valence-corrected chi connectivity index (χ4v) is 4.78. The zero-order valence-corrected chi connectivity index (χ0v) is 22.7. The van der Waals surface area contributed by atoms with E-state index in [1.807, 2.05) is 20.8 Å². The maximum Gasteiger partial charge on any atom is 0.126 e. The lowest BCUT2D eigenvalue weighted by Crippen LogP contribution is -2.01. The summed E-state index contributed by atoms with van der Waals surface area (Å²) in [5.41, 5.74) is 5.46. The van der Waals surface area contributed by atoms with Crippen LogP contribution in [0.4, 0.5) is 0 Å². The van der Waals surface area contributed by atoms with E-state index in [1.165, 1.54) is 56.9 Å². The Morgan fingerprint density at radius 1 is 0.812 bits per heavy atom. The van der Waals surface area contributed by atoms with Gasteiger partial charge >= 0.3 is 0 Å². The van der Waals surface area contributed by atoms with Gasteiger partial charge in [-0.05, 0) is 81.4 Å². The third-order valence-corrected chi connectivity index (χ3v) is 7.34. The number of allylic oxidation sites excluding steroid dienone is 2. The zero-order valence-electron chi connectivity index (χ0n) is 22.7. The molecule has 0 fully saturated rings. The number of aromatic hydroxyl groups is 1. The number of rotatable bonds is 15. The predicted octanol–water partition coefficient (Wildman–Crippen LogP) is 9.25. The highest BCUT2D eigenvalue weighted by molar-refractivity contribution is 5.57. The molecule has 2 atom stereocenters. The maximum atomic E-state index is 10.4. The molecule has 32 heavy (non-hydrogen) atoms. The first-order valence-electron chi connectivity index (χ1n) is 13.1. The lowest BCUT2D eigenvalue weighted by molar-refractivity contribution is 0.389. The van der Waals surface area contributed by atoms with Gasteiger partial charge in [0.25, 0.3) is 0 Å². The quantitative estimate of drug-likeness (QED) is 0.273. The SMILES string of the molecule is COc1c(C)c(C)c(O)c(C)c1C/C=C(\C)CCC[C@@H](C)CCC[C@@H](C)CCCC(C)C. The maximum absolute atomic E-state index is 10.4. The van der Waals surface area contributed by atoms with Crippen LogP contribution >= 0.6 is 0 Å². The van der Waals surface area contributed by atoms with Gasteiger partial charge in [0.2, 0.25) is 0 Å². The smallest absolute Gasteiger partial charge is 0.126 e. The Labute approximate surface area is 199 Å². The molecule has 0 saturated carbocycles. The fourth-order valence-electron chi connectivity index (χ4n) is 4.78. The molecule has 0 heterocycles. The number of ether oxygens (including phenoxy) is 1. The lowest BCUT2D eigenvalue weighted by atomic mass is 9.91. The van der Waals surface area contributed by atoms with Crippen molar-refractivity contribution in [3.63, 3.8) is 0 Å². The Balaban J connectivity index is 2.40. The van der Waals surface area contributed by atoms with E-state index >= 15 is 0 Å². The molecule has 1 rings (SSSR count). The summed E-state index contributed by atoms with van der Waals surface area (Å²) in [6.07, 6.45) is 15.2. The summed E-state index contributed by atoms with van der Waals surface area (Å²) in [6, 6.07) is 0. The van der Waals surface area contributed by atoms with E-state index in [1.54, 1.807) is 7.11 Å². The van der Waals surface area contributed by atoms with Gasteiger partial charge in [0.05, 0.1) is 7.11 Å². The highest BCUT2D eigenvalue weighted by Crippen LogP contribution is 2.37. The molecule has 0 amide bonds. The molecule has 0 aliphatic rings. The Bertz CT molecular complexity index is 714. The number of hydrogen-bond acceptors (Lipinski definition) is 2. The summed E-state index contributed by atoms with van der Waals surface area (Å²) in [6.45, 7) is 17.7. The van der Waals surface area contributed by atoms with Gasteiger partial charge in [-0.15, -0.1) is 0 Å². The van der Waals surface area contributed by atoms with Crippen LogP contribution in [0.25, 0.3) is 0 Å². The van der Waals surface area contributed by atoms with Gasteiger partial charge in [-0.25, -0.2) is 0 Å². The van der Waals surface area contributed by atoms with Crippen LogP contribution in [0.2, 0.25) is 0 Å². The molecule has 0 unspecified atom stereocenters. The molecule has 184 valence electrons. The number of methoxy groups -OCH3 is 1. The molecule has 1 aromatic rings. The summed E-state index contributed by atoms with van der Waals surface area (Å²) in [7, 11) is 1.73. The molecule has 2 nitrogen and oxygen atoms in total. The van der Waals surface area contributed by atoms with Gasteiger partial charge in [-0.3, -0.25) is 0 Å². The van der Waals surface area contributed by atoms with Gasteiger partial charge in [-0.2, -0.15) is 0 Å². The fraction of sp³-hybridized carbons (Fsp3) is 0.733. The van der Waals surface area contributed by atoms with Gasteiger partial charge in [0, 0.05) is 5.56 Å². The Hall–Kier alpha value is -1.44. The van der Waals surface area contributed by atoms with Gasteiger partial charge in [0.15, 0.2) is 0 Å². The van der Waals surface area contributed by atoms with Crippen LogP contribution in [0.5, 0.6) is 11.5 Å². The minimum Gasteiger partial charge on any atom is -0.507 e. The molecular formula is C30H52O2. The Kier molecular flexibility index (Phi) is 13.1. The minimum atomic E-state index is 0.410. The molecular weight excluding hydrogens is 392 g/mol. The summed E-state index contributed by atoms with van der Waals surface area (Å²) in [5.74, 6) is 3.89. The first kappa shape index (κ1) is 28.6. The average molecular weight is 445 g/mol. The Morgan fingerprint density at radius 2 is 1.34 bits per heavy atom. The van der Waals surface area contributed by atoms with E-state index in [2.05, 4.69) is 40.7 Å². The van der Waals surface area contributed by atoms with Gasteiger partial charge in [-0.1, -0.05) is 84.3 Å². The van der Waals surface area contributed by atoms with Gasteiger partial charge < -0.3 is 9.84 Å². The number of phenolic OH excluding ortho intramolecular Hbond substituents is 1. The van der Waals surface area contributed by atoms with Gasteiger partial charge in [0.1, 0.15) is 11.5 Å². The summed E-state index contributed by atoms with van der Waals surface area (Å²) in [5, 5.41) is 10.4. The highest BCUT2D eigenvalue weighted by Gasteiger charge is 2.16. The van der Waals surface area contributed by atoms with Crippen LogP contribution in [0.1, 0.15) is 115 Å². The van der Waals surface area contributed by atoms with Crippen molar-refractivity contribution >= 4 is 0 Å². The molecule has 0 saturated heterocycles. The van der Waals surface area contributed by atoms with Crippen molar-refractivity contribution in [1.82, 2.24) is 0 Å². The molecule has 0 aliphatic heterocycles. The first-order valence-corrected chi connectivity index (χ1v) is 13.1. The molecule has 1 aromatic carbocycles. The topological polar surface area (TPSA) is 29.5 Å². The van der Waals surface area contributed by atoms with Crippen molar-refractivity contribution in [1.29, 1.82) is 0 Å². The largest absolute Gasteiger partial charge is 0.507 e. The summed E-state index contributed by atoms with van der Waals surface area (Å²) in [4.78, 5) is 0. The number of benzene rings is 1. The zero-order chi connectivity index (χ0) is 24.3. The lowest BCUT2D eigenvalue weighted by Gasteiger charge is -2.18. The summed E-state index contributed by atoms with van der Waals surface area (Å²) >= 11 is 0. The highest BCUT2D eigenvalue weighted by atomic mass is 16.5. The third-order valence-electron chi connectivity index (χ3n) is 7.34. The van der Waals surface area contributed by atoms with Crippen molar-refractivity contribution < 1.29 is 9.84 Å². The van der Waals surface area contributed by atoms with E-state index < -0.39 is 0 Å². The normalized spacial score (nSPS) is 14.1. The number of hydrogen-bond donors (Lipinski definition) is 1. The van der Waals surface area contributed by atoms with Crippen LogP contribution in [0.15, 0.2) is 11.6 Å². The van der Waals surface area contributed by atoms with Crippen molar-refractivity contribution in [2.75, 3.05) is 7.11 Å². The molecule has 0 aliphatic carbocycles. The first-order chi connectivity index (χ1) is 15.1. The predicted molar refractivity (Wildman–Crippen MR) is 141 cm³/mol. The van der Waals surface area contributed by atoms with Crippen LogP contribution in [-0.2, 0) is 6.42 Å². The van der Waals surface area contributed by atoms with E-state index in [0.717, 1.165) is 58.6 Å². The van der Waals surface area contributed by atoms with E-state index in [-0.39, 0.29) is 0 Å². The van der Waals surface area contributed by atoms with Crippen molar-refractivity contribution in [2.24, 2.45) is 17.8 Å². The molecule has 0 aromatic heterocycles. The van der Waals surface area contributed by atoms with Crippen molar-refractivity contribution in [3.05, 3.63) is 33.9 Å². The van der Waals surface area contributed by atoms with Crippen LogP contribution < -0.4 is 4.74 Å². The molecule has 2 heteroatoms. The average Bonchev–Trinajstić information content (AvgIpc) is 2.73. The van der Waals surface area contributed by atoms with Crippen molar-refractivity contribution in [3.8, 4) is 11.5 Å².